The Kier molecular flexibility index (Phi) is 3.94. The van der Waals surface area contributed by atoms with Gasteiger partial charge in [-0.15, -0.1) is 11.8 Å². The number of Topliss-reactive ketones (excluding diaryl/α,β-unsaturated/α-hetero) is 1. The van der Waals surface area contributed by atoms with Gasteiger partial charge in [-0.05, 0) is 19.9 Å². The van der Waals surface area contributed by atoms with Gasteiger partial charge in [0.2, 0.25) is 0 Å². The molecule has 0 aliphatic heterocycles. The van der Waals surface area contributed by atoms with Crippen LogP contribution in [-0.2, 0) is 0 Å². The minimum absolute atomic E-state index is 0.177. The van der Waals surface area contributed by atoms with Gasteiger partial charge in [-0.2, -0.15) is 0 Å². The van der Waals surface area contributed by atoms with Crippen LogP contribution in [0.4, 0.5) is 0 Å². The molecule has 0 aromatic heterocycles. The molecule has 1 heteroatoms. The van der Waals surface area contributed by atoms with Crippen LogP contribution in [0.2, 0.25) is 0 Å². The van der Waals surface area contributed by atoms with Gasteiger partial charge in [0.05, 0.1) is 0 Å². The fourth-order valence-corrected chi connectivity index (χ4v) is 1.26. The lowest BCUT2D eigenvalue weighted by Gasteiger charge is -1.99. The van der Waals surface area contributed by atoms with E-state index >= 15 is 0 Å². The highest BCUT2D eigenvalue weighted by Crippen LogP contribution is 2.07. The van der Waals surface area contributed by atoms with Gasteiger partial charge >= 0.3 is 0 Å². The molecule has 0 fully saturated rings. The number of rotatable bonds is 3. The van der Waals surface area contributed by atoms with Crippen LogP contribution in [0.15, 0.2) is 24.3 Å². The van der Waals surface area contributed by atoms with Crippen LogP contribution in [0, 0.1) is 18.8 Å². The topological polar surface area (TPSA) is 17.1 Å². The summed E-state index contributed by atoms with van der Waals surface area (Å²) in [6.07, 6.45) is 1.17. The quantitative estimate of drug-likeness (QED) is 0.524. The number of hydrogen-bond acceptors (Lipinski definition) is 1. The van der Waals surface area contributed by atoms with E-state index in [1.54, 1.807) is 6.92 Å². The van der Waals surface area contributed by atoms with E-state index in [1.165, 1.54) is 0 Å². The number of carbonyl (C=O) groups is 1. The number of ketones is 1. The molecule has 0 heterocycles. The first-order valence-corrected chi connectivity index (χ1v) is 4.73. The Bertz CT molecular complexity index is 380. The van der Waals surface area contributed by atoms with Crippen molar-refractivity contribution < 1.29 is 4.79 Å². The van der Waals surface area contributed by atoms with Crippen molar-refractivity contribution >= 4 is 5.78 Å². The van der Waals surface area contributed by atoms with E-state index in [1.807, 2.05) is 31.2 Å². The molecule has 0 bridgehead atoms. The SMILES string of the molecule is CC#CCCC(=O)c1cccc(C)c1. The molecule has 0 amide bonds. The lowest BCUT2D eigenvalue weighted by Crippen LogP contribution is -1.98. The third kappa shape index (κ3) is 3.06. The number of aryl methyl sites for hydroxylation is 1. The Morgan fingerprint density at radius 2 is 2.21 bits per heavy atom. The largest absolute Gasteiger partial charge is 0.294 e. The minimum Gasteiger partial charge on any atom is -0.294 e. The molecule has 0 unspecified atom stereocenters. The second-order valence-corrected chi connectivity index (χ2v) is 3.22. The zero-order chi connectivity index (χ0) is 10.4. The first-order chi connectivity index (χ1) is 6.74. The van der Waals surface area contributed by atoms with E-state index in [9.17, 15) is 4.79 Å². The van der Waals surface area contributed by atoms with E-state index in [-0.39, 0.29) is 5.78 Å². The van der Waals surface area contributed by atoms with Crippen molar-refractivity contribution in [3.63, 3.8) is 0 Å². The molecule has 14 heavy (non-hydrogen) atoms. The lowest BCUT2D eigenvalue weighted by atomic mass is 10.0. The molecule has 1 aromatic carbocycles. The van der Waals surface area contributed by atoms with Crippen molar-refractivity contribution in [3.8, 4) is 11.8 Å². The molecule has 0 aliphatic carbocycles. The zero-order valence-corrected chi connectivity index (χ0v) is 8.63. The predicted molar refractivity (Wildman–Crippen MR) is 58.2 cm³/mol. The lowest BCUT2D eigenvalue weighted by molar-refractivity contribution is 0.0984. The molecule has 0 aliphatic rings. The standard InChI is InChI=1S/C13H14O/c1-3-4-5-9-13(14)12-8-6-7-11(2)10-12/h6-8,10H,5,9H2,1-2H3. The highest BCUT2D eigenvalue weighted by Gasteiger charge is 2.03. The summed E-state index contributed by atoms with van der Waals surface area (Å²) in [7, 11) is 0. The van der Waals surface area contributed by atoms with Crippen LogP contribution in [0.1, 0.15) is 35.7 Å². The van der Waals surface area contributed by atoms with Crippen LogP contribution < -0.4 is 0 Å². The summed E-state index contributed by atoms with van der Waals surface area (Å²) < 4.78 is 0. The first kappa shape index (κ1) is 10.5. The smallest absolute Gasteiger partial charge is 0.163 e. The van der Waals surface area contributed by atoms with Gasteiger partial charge in [-0.3, -0.25) is 4.79 Å². The Balaban J connectivity index is 2.63. The summed E-state index contributed by atoms with van der Waals surface area (Å²) in [6.45, 7) is 3.78. The third-order valence-electron chi connectivity index (χ3n) is 1.99. The average Bonchev–Trinajstić information content (AvgIpc) is 2.18. The molecule has 1 aromatic rings. The molecule has 0 N–H and O–H groups in total. The summed E-state index contributed by atoms with van der Waals surface area (Å²) in [4.78, 5) is 11.6. The molecular weight excluding hydrogens is 172 g/mol. The molecule has 1 nitrogen and oxygen atoms in total. The first-order valence-electron chi connectivity index (χ1n) is 4.73. The molecule has 1 rings (SSSR count). The maximum Gasteiger partial charge on any atom is 0.163 e. The van der Waals surface area contributed by atoms with Gasteiger partial charge < -0.3 is 0 Å². The van der Waals surface area contributed by atoms with Crippen LogP contribution in [0.5, 0.6) is 0 Å². The van der Waals surface area contributed by atoms with Crippen molar-refractivity contribution in [2.45, 2.75) is 26.7 Å². The molecule has 0 spiro atoms. The number of hydrogen-bond donors (Lipinski definition) is 0. The molecule has 0 atom stereocenters. The Morgan fingerprint density at radius 3 is 2.86 bits per heavy atom. The van der Waals surface area contributed by atoms with Crippen molar-refractivity contribution in [3.05, 3.63) is 35.4 Å². The van der Waals surface area contributed by atoms with E-state index in [0.717, 1.165) is 11.1 Å². The maximum absolute atomic E-state index is 11.6. The van der Waals surface area contributed by atoms with E-state index in [2.05, 4.69) is 11.8 Å². The summed E-state index contributed by atoms with van der Waals surface area (Å²) in [5, 5.41) is 0. The fourth-order valence-electron chi connectivity index (χ4n) is 1.26. The molecular formula is C13H14O. The zero-order valence-electron chi connectivity index (χ0n) is 8.63. The average molecular weight is 186 g/mol. The second-order valence-electron chi connectivity index (χ2n) is 3.22. The van der Waals surface area contributed by atoms with Gasteiger partial charge in [0.25, 0.3) is 0 Å². The predicted octanol–water partition coefficient (Wildman–Crippen LogP) is 2.98. The van der Waals surface area contributed by atoms with Crippen molar-refractivity contribution in [2.75, 3.05) is 0 Å². The summed E-state index contributed by atoms with van der Waals surface area (Å²) in [5.41, 5.74) is 1.92. The Hall–Kier alpha value is -1.55. The van der Waals surface area contributed by atoms with E-state index < -0.39 is 0 Å². The Labute approximate surface area is 85.1 Å². The molecule has 0 saturated heterocycles. The Morgan fingerprint density at radius 1 is 1.43 bits per heavy atom. The van der Waals surface area contributed by atoms with Crippen LogP contribution in [0.25, 0.3) is 0 Å². The third-order valence-corrected chi connectivity index (χ3v) is 1.99. The fraction of sp³-hybridized carbons (Fsp3) is 0.308. The van der Waals surface area contributed by atoms with Crippen molar-refractivity contribution in [1.82, 2.24) is 0 Å². The summed E-state index contributed by atoms with van der Waals surface area (Å²) >= 11 is 0. The molecule has 0 radical (unpaired) electrons. The maximum atomic E-state index is 11.6. The normalized spacial score (nSPS) is 9.00. The van der Waals surface area contributed by atoms with Gasteiger partial charge in [-0.1, -0.05) is 23.8 Å². The van der Waals surface area contributed by atoms with Crippen molar-refractivity contribution in [1.29, 1.82) is 0 Å². The second kappa shape index (κ2) is 5.24. The summed E-state index contributed by atoms with van der Waals surface area (Å²) in [6, 6.07) is 7.67. The summed E-state index contributed by atoms with van der Waals surface area (Å²) in [5.74, 6) is 5.85. The van der Waals surface area contributed by atoms with Crippen molar-refractivity contribution in [2.24, 2.45) is 0 Å². The van der Waals surface area contributed by atoms with Crippen LogP contribution in [0.3, 0.4) is 0 Å². The monoisotopic (exact) mass is 186 g/mol. The van der Waals surface area contributed by atoms with Crippen LogP contribution in [-0.4, -0.2) is 5.78 Å². The highest BCUT2D eigenvalue weighted by atomic mass is 16.1. The van der Waals surface area contributed by atoms with Crippen LogP contribution >= 0.6 is 0 Å². The number of benzene rings is 1. The minimum atomic E-state index is 0.177. The van der Waals surface area contributed by atoms with Gasteiger partial charge in [0, 0.05) is 18.4 Å². The molecule has 0 saturated carbocycles. The molecule has 72 valence electrons. The van der Waals surface area contributed by atoms with Gasteiger partial charge in [-0.25, -0.2) is 0 Å². The van der Waals surface area contributed by atoms with E-state index in [4.69, 9.17) is 0 Å². The van der Waals surface area contributed by atoms with Gasteiger partial charge in [0.1, 0.15) is 0 Å². The van der Waals surface area contributed by atoms with Gasteiger partial charge in [0.15, 0.2) is 5.78 Å². The number of carbonyl (C=O) groups excluding carboxylic acids is 1. The highest BCUT2D eigenvalue weighted by molar-refractivity contribution is 5.96. The van der Waals surface area contributed by atoms with E-state index in [0.29, 0.717) is 12.8 Å².